The summed E-state index contributed by atoms with van der Waals surface area (Å²) in [6, 6.07) is 11.2. The number of nitrogens with zero attached hydrogens (tertiary/aromatic N) is 2. The van der Waals surface area contributed by atoms with Crippen molar-refractivity contribution in [2.45, 2.75) is 19.0 Å². The van der Waals surface area contributed by atoms with Crippen LogP contribution in [0.2, 0.25) is 10.0 Å². The van der Waals surface area contributed by atoms with Crippen LogP contribution in [0.25, 0.3) is 11.1 Å². The van der Waals surface area contributed by atoms with E-state index < -0.39 is 23.2 Å². The average Bonchev–Trinajstić information content (AvgIpc) is 3.09. The van der Waals surface area contributed by atoms with E-state index >= 15 is 0 Å². The predicted molar refractivity (Wildman–Crippen MR) is 105 cm³/mol. The van der Waals surface area contributed by atoms with Crippen molar-refractivity contribution < 1.29 is 14.0 Å². The molecule has 1 aromatic heterocycles. The van der Waals surface area contributed by atoms with E-state index in [1.165, 1.54) is 4.57 Å². The van der Waals surface area contributed by atoms with Crippen LogP contribution >= 0.6 is 23.2 Å². The van der Waals surface area contributed by atoms with Gasteiger partial charge in [0.25, 0.3) is 5.91 Å². The Morgan fingerprint density at radius 2 is 1.79 bits per heavy atom. The van der Waals surface area contributed by atoms with Crippen LogP contribution in [0.5, 0.6) is 0 Å². The van der Waals surface area contributed by atoms with Gasteiger partial charge in [0.2, 0.25) is 0 Å². The van der Waals surface area contributed by atoms with Gasteiger partial charge in [-0.25, -0.2) is 9.59 Å². The lowest BCUT2D eigenvalue weighted by molar-refractivity contribution is -0.131. The average molecular weight is 420 g/mol. The molecule has 28 heavy (non-hydrogen) atoms. The van der Waals surface area contributed by atoms with E-state index in [-0.39, 0.29) is 18.1 Å². The second-order valence-electron chi connectivity index (χ2n) is 6.63. The molecule has 3 aromatic rings. The zero-order valence-electron chi connectivity index (χ0n) is 14.7. The largest absolute Gasteiger partial charge is 0.420 e. The van der Waals surface area contributed by atoms with Crippen LogP contribution in [0.3, 0.4) is 0 Å². The highest BCUT2D eigenvalue weighted by atomic mass is 35.5. The van der Waals surface area contributed by atoms with E-state index in [1.807, 2.05) is 0 Å². The summed E-state index contributed by atoms with van der Waals surface area (Å²) in [6.07, 6.45) is 0. The highest BCUT2D eigenvalue weighted by Gasteiger charge is 2.48. The van der Waals surface area contributed by atoms with Crippen LogP contribution in [0.4, 0.5) is 4.79 Å². The number of oxazole rings is 1. The lowest BCUT2D eigenvalue weighted by Gasteiger charge is -2.22. The summed E-state index contributed by atoms with van der Waals surface area (Å²) < 4.78 is 6.57. The maximum atomic E-state index is 13.0. The molecule has 9 heteroatoms. The number of carbonyl (C=O) groups excluding carboxylic acids is 2. The molecule has 1 unspecified atom stereocenters. The number of amides is 3. The number of para-hydroxylation sites is 2. The number of urea groups is 1. The molecular formula is C19H15Cl2N3O4. The van der Waals surface area contributed by atoms with Crippen molar-refractivity contribution in [2.75, 3.05) is 6.54 Å². The topological polar surface area (TPSA) is 84.6 Å². The minimum absolute atomic E-state index is 0.0189. The number of nitrogens with one attached hydrogen (secondary N) is 1. The van der Waals surface area contributed by atoms with Gasteiger partial charge < -0.3 is 9.73 Å². The fourth-order valence-electron chi connectivity index (χ4n) is 3.33. The standard InChI is InChI=1S/C19H15Cl2N3O4/c1-19(11-6-7-12(20)13(21)10-11)16(25)24(17(26)22-19)9-8-23-14-4-2-3-5-15(14)28-18(23)27/h2-7,10H,8-9H2,1H3,(H,22,26). The van der Waals surface area contributed by atoms with Crippen molar-refractivity contribution in [1.29, 1.82) is 0 Å². The number of aromatic nitrogens is 1. The first-order chi connectivity index (χ1) is 13.3. The number of imide groups is 1. The summed E-state index contributed by atoms with van der Waals surface area (Å²) in [6.45, 7) is 1.74. The van der Waals surface area contributed by atoms with Gasteiger partial charge in [-0.2, -0.15) is 0 Å². The quantitative estimate of drug-likeness (QED) is 0.656. The smallest absolute Gasteiger partial charge is 0.408 e. The second kappa shape index (κ2) is 6.68. The molecule has 0 saturated carbocycles. The van der Waals surface area contributed by atoms with E-state index in [0.29, 0.717) is 21.7 Å². The highest BCUT2D eigenvalue weighted by Crippen LogP contribution is 2.33. The number of benzene rings is 2. The molecule has 0 radical (unpaired) electrons. The summed E-state index contributed by atoms with van der Waals surface area (Å²) in [7, 11) is 0. The molecule has 1 N–H and O–H groups in total. The van der Waals surface area contributed by atoms with Gasteiger partial charge in [-0.3, -0.25) is 14.3 Å². The summed E-state index contributed by atoms with van der Waals surface area (Å²) in [5.74, 6) is -0.975. The Kier molecular flexibility index (Phi) is 4.44. The van der Waals surface area contributed by atoms with Gasteiger partial charge in [0.1, 0.15) is 5.54 Å². The molecule has 4 rings (SSSR count). The van der Waals surface area contributed by atoms with Crippen LogP contribution in [-0.2, 0) is 16.9 Å². The Morgan fingerprint density at radius 3 is 2.54 bits per heavy atom. The lowest BCUT2D eigenvalue weighted by atomic mass is 9.92. The molecule has 1 aliphatic rings. The molecule has 2 heterocycles. The molecule has 0 bridgehead atoms. The maximum absolute atomic E-state index is 13.0. The molecule has 1 aliphatic heterocycles. The lowest BCUT2D eigenvalue weighted by Crippen LogP contribution is -2.41. The number of rotatable bonds is 4. The second-order valence-corrected chi connectivity index (χ2v) is 7.44. The molecule has 7 nitrogen and oxygen atoms in total. The monoisotopic (exact) mass is 419 g/mol. The van der Waals surface area contributed by atoms with Gasteiger partial charge >= 0.3 is 11.8 Å². The van der Waals surface area contributed by atoms with Gasteiger partial charge in [-0.15, -0.1) is 0 Å². The van der Waals surface area contributed by atoms with E-state index in [2.05, 4.69) is 5.32 Å². The first-order valence-electron chi connectivity index (χ1n) is 8.49. The minimum Gasteiger partial charge on any atom is -0.408 e. The van der Waals surface area contributed by atoms with Crippen molar-refractivity contribution in [3.05, 3.63) is 68.6 Å². The normalized spacial score (nSPS) is 19.5. The molecule has 1 atom stereocenters. The van der Waals surface area contributed by atoms with Crippen molar-refractivity contribution in [3.8, 4) is 0 Å². The van der Waals surface area contributed by atoms with E-state index in [1.54, 1.807) is 49.4 Å². The van der Waals surface area contributed by atoms with E-state index in [9.17, 15) is 14.4 Å². The Hall–Kier alpha value is -2.77. The van der Waals surface area contributed by atoms with Crippen molar-refractivity contribution in [3.63, 3.8) is 0 Å². The van der Waals surface area contributed by atoms with Gasteiger partial charge in [-0.05, 0) is 36.8 Å². The van der Waals surface area contributed by atoms with Gasteiger partial charge in [-0.1, -0.05) is 41.4 Å². The van der Waals surface area contributed by atoms with Crippen LogP contribution < -0.4 is 11.1 Å². The van der Waals surface area contributed by atoms with Gasteiger partial charge in [0.05, 0.1) is 15.6 Å². The minimum atomic E-state index is -1.27. The first-order valence-corrected chi connectivity index (χ1v) is 9.25. The fourth-order valence-corrected chi connectivity index (χ4v) is 3.63. The summed E-state index contributed by atoms with van der Waals surface area (Å²) >= 11 is 12.0. The van der Waals surface area contributed by atoms with E-state index in [0.717, 1.165) is 4.90 Å². The third-order valence-corrected chi connectivity index (χ3v) is 5.63. The molecule has 2 aromatic carbocycles. The van der Waals surface area contributed by atoms with Crippen LogP contribution in [-0.4, -0.2) is 28.0 Å². The van der Waals surface area contributed by atoms with Gasteiger partial charge in [0, 0.05) is 13.1 Å². The Labute approximate surface area is 169 Å². The summed E-state index contributed by atoms with van der Waals surface area (Å²) in [4.78, 5) is 38.6. The third-order valence-electron chi connectivity index (χ3n) is 4.89. The van der Waals surface area contributed by atoms with Crippen molar-refractivity contribution in [1.82, 2.24) is 14.8 Å². The Morgan fingerprint density at radius 1 is 1.04 bits per heavy atom. The number of halogens is 2. The van der Waals surface area contributed by atoms with Gasteiger partial charge in [0.15, 0.2) is 5.58 Å². The SMILES string of the molecule is CC1(c2ccc(Cl)c(Cl)c2)NC(=O)N(CCn2c(=O)oc3ccccc32)C1=O. The maximum Gasteiger partial charge on any atom is 0.420 e. The highest BCUT2D eigenvalue weighted by molar-refractivity contribution is 6.42. The molecule has 144 valence electrons. The zero-order valence-corrected chi connectivity index (χ0v) is 16.3. The van der Waals surface area contributed by atoms with Crippen molar-refractivity contribution >= 4 is 46.2 Å². The molecule has 3 amide bonds. The van der Waals surface area contributed by atoms with Crippen molar-refractivity contribution in [2.24, 2.45) is 0 Å². The Balaban J connectivity index is 1.60. The number of carbonyl (C=O) groups is 2. The Bertz CT molecular complexity index is 1170. The number of fused-ring (bicyclic) bond motifs is 1. The molecular weight excluding hydrogens is 405 g/mol. The molecule has 1 saturated heterocycles. The summed E-state index contributed by atoms with van der Waals surface area (Å²) in [5, 5.41) is 3.34. The fraction of sp³-hybridized carbons (Fsp3) is 0.211. The molecule has 0 spiro atoms. The first kappa shape index (κ1) is 18.6. The summed E-state index contributed by atoms with van der Waals surface area (Å²) in [5.41, 5.74) is 0.306. The van der Waals surface area contributed by atoms with Crippen LogP contribution in [0.1, 0.15) is 12.5 Å². The molecule has 0 aliphatic carbocycles. The predicted octanol–water partition coefficient (Wildman–Crippen LogP) is 3.37. The zero-order chi connectivity index (χ0) is 20.1. The number of hydrogen-bond acceptors (Lipinski definition) is 4. The number of hydrogen-bond donors (Lipinski definition) is 1. The molecule has 1 fully saturated rings. The van der Waals surface area contributed by atoms with E-state index in [4.69, 9.17) is 27.6 Å². The third kappa shape index (κ3) is 2.87. The van der Waals surface area contributed by atoms with Crippen LogP contribution in [0, 0.1) is 0 Å². The van der Waals surface area contributed by atoms with Crippen LogP contribution in [0.15, 0.2) is 51.7 Å².